The molecule has 94 valence electrons. The van der Waals surface area contributed by atoms with Crippen molar-refractivity contribution in [1.82, 2.24) is 10.9 Å². The molecule has 17 heavy (non-hydrogen) atoms. The van der Waals surface area contributed by atoms with E-state index in [1.54, 1.807) is 12.1 Å². The van der Waals surface area contributed by atoms with Crippen LogP contribution in [0.1, 0.15) is 35.4 Å². The van der Waals surface area contributed by atoms with Crippen molar-refractivity contribution >= 4 is 39.1 Å². The summed E-state index contributed by atoms with van der Waals surface area (Å²) < 4.78 is 0. The van der Waals surface area contributed by atoms with Crippen LogP contribution in [0, 0.1) is 0 Å². The molecule has 1 rings (SSSR count). The molecule has 0 aliphatic rings. The Bertz CT molecular complexity index is 354. The van der Waals surface area contributed by atoms with Crippen molar-refractivity contribution in [2.24, 2.45) is 0 Å². The average Bonchev–Trinajstić information content (AvgIpc) is 2.85. The van der Waals surface area contributed by atoms with Crippen LogP contribution in [0.25, 0.3) is 0 Å². The van der Waals surface area contributed by atoms with Crippen molar-refractivity contribution in [1.29, 1.82) is 0 Å². The zero-order valence-corrected chi connectivity index (χ0v) is 11.8. The fraction of sp³-hybridized carbons (Fsp3) is 0.455. The van der Waals surface area contributed by atoms with Gasteiger partial charge in [0.25, 0.3) is 5.91 Å². The van der Waals surface area contributed by atoms with Crippen LogP contribution in [-0.2, 0) is 4.79 Å². The number of alkyl halides is 1. The standard InChI is InChI=1S/C11H15BrN2O2S/c12-7-3-1-2-6-10(15)13-14-11(16)9-5-4-8-17-9/h4-5,8H,1-3,6-7H2,(H,13,15)(H,14,16). The molecule has 2 amide bonds. The summed E-state index contributed by atoms with van der Waals surface area (Å²) in [6.45, 7) is 0. The molecular weight excluding hydrogens is 304 g/mol. The Balaban J connectivity index is 2.13. The van der Waals surface area contributed by atoms with E-state index in [4.69, 9.17) is 0 Å². The molecule has 0 bridgehead atoms. The first kappa shape index (κ1) is 14.2. The number of hydrazine groups is 1. The molecule has 4 nitrogen and oxygen atoms in total. The Morgan fingerprint density at radius 1 is 1.24 bits per heavy atom. The summed E-state index contributed by atoms with van der Waals surface area (Å²) in [7, 11) is 0. The van der Waals surface area contributed by atoms with Crippen molar-refractivity contribution in [3.8, 4) is 0 Å². The quantitative estimate of drug-likeness (QED) is 0.481. The van der Waals surface area contributed by atoms with Gasteiger partial charge in [0.2, 0.25) is 5.91 Å². The average molecular weight is 319 g/mol. The molecule has 0 atom stereocenters. The lowest BCUT2D eigenvalue weighted by Gasteiger charge is -2.05. The Morgan fingerprint density at radius 3 is 2.71 bits per heavy atom. The van der Waals surface area contributed by atoms with Crippen LogP contribution in [0.15, 0.2) is 17.5 Å². The maximum absolute atomic E-state index is 11.5. The van der Waals surface area contributed by atoms with Gasteiger partial charge in [-0.3, -0.25) is 20.4 Å². The van der Waals surface area contributed by atoms with Crippen LogP contribution in [-0.4, -0.2) is 17.1 Å². The van der Waals surface area contributed by atoms with Gasteiger partial charge < -0.3 is 0 Å². The van der Waals surface area contributed by atoms with E-state index in [9.17, 15) is 9.59 Å². The fourth-order valence-electron chi connectivity index (χ4n) is 1.22. The third-order valence-electron chi connectivity index (χ3n) is 2.10. The number of nitrogens with one attached hydrogen (secondary N) is 2. The second-order valence-electron chi connectivity index (χ2n) is 3.48. The van der Waals surface area contributed by atoms with E-state index in [1.807, 2.05) is 5.38 Å². The van der Waals surface area contributed by atoms with Gasteiger partial charge >= 0.3 is 0 Å². The molecule has 0 radical (unpaired) electrons. The third kappa shape index (κ3) is 5.83. The summed E-state index contributed by atoms with van der Waals surface area (Å²) >= 11 is 4.67. The van der Waals surface area contributed by atoms with Gasteiger partial charge in [0.15, 0.2) is 0 Å². The number of hydrogen-bond donors (Lipinski definition) is 2. The molecule has 0 saturated carbocycles. The van der Waals surface area contributed by atoms with E-state index >= 15 is 0 Å². The van der Waals surface area contributed by atoms with Crippen LogP contribution < -0.4 is 10.9 Å². The van der Waals surface area contributed by atoms with Gasteiger partial charge in [-0.15, -0.1) is 11.3 Å². The summed E-state index contributed by atoms with van der Waals surface area (Å²) in [5, 5.41) is 2.78. The Morgan fingerprint density at radius 2 is 2.06 bits per heavy atom. The van der Waals surface area contributed by atoms with E-state index in [0.717, 1.165) is 24.6 Å². The summed E-state index contributed by atoms with van der Waals surface area (Å²) in [6, 6.07) is 3.50. The topological polar surface area (TPSA) is 58.2 Å². The van der Waals surface area contributed by atoms with Crippen molar-refractivity contribution < 1.29 is 9.59 Å². The lowest BCUT2D eigenvalue weighted by Crippen LogP contribution is -2.41. The highest BCUT2D eigenvalue weighted by Gasteiger charge is 2.07. The molecule has 0 saturated heterocycles. The fourth-order valence-corrected chi connectivity index (χ4v) is 2.23. The van der Waals surface area contributed by atoms with E-state index < -0.39 is 0 Å². The predicted molar refractivity (Wildman–Crippen MR) is 72.2 cm³/mol. The molecule has 0 aromatic carbocycles. The number of carbonyl (C=O) groups is 2. The maximum Gasteiger partial charge on any atom is 0.279 e. The summed E-state index contributed by atoms with van der Waals surface area (Å²) in [4.78, 5) is 23.4. The van der Waals surface area contributed by atoms with Crippen molar-refractivity contribution in [2.45, 2.75) is 25.7 Å². The monoisotopic (exact) mass is 318 g/mol. The predicted octanol–water partition coefficient (Wildman–Crippen LogP) is 2.46. The van der Waals surface area contributed by atoms with E-state index in [2.05, 4.69) is 26.8 Å². The molecule has 1 aromatic heterocycles. The SMILES string of the molecule is O=C(CCCCCBr)NNC(=O)c1cccs1. The largest absolute Gasteiger partial charge is 0.279 e. The Kier molecular flexibility index (Phi) is 6.88. The smallest absolute Gasteiger partial charge is 0.273 e. The third-order valence-corrected chi connectivity index (χ3v) is 3.53. The summed E-state index contributed by atoms with van der Waals surface area (Å²) in [5.41, 5.74) is 4.79. The Hall–Kier alpha value is -0.880. The van der Waals surface area contributed by atoms with Crippen molar-refractivity contribution in [3.05, 3.63) is 22.4 Å². The molecule has 1 heterocycles. The minimum absolute atomic E-state index is 0.149. The zero-order chi connectivity index (χ0) is 12.5. The minimum Gasteiger partial charge on any atom is -0.273 e. The second-order valence-corrected chi connectivity index (χ2v) is 5.22. The summed E-state index contributed by atoms with van der Waals surface area (Å²) in [5.74, 6) is -0.418. The lowest BCUT2D eigenvalue weighted by molar-refractivity contribution is -0.121. The highest BCUT2D eigenvalue weighted by Crippen LogP contribution is 2.07. The van der Waals surface area contributed by atoms with E-state index in [1.165, 1.54) is 11.3 Å². The number of halogens is 1. The highest BCUT2D eigenvalue weighted by molar-refractivity contribution is 9.09. The first-order valence-electron chi connectivity index (χ1n) is 5.42. The number of rotatable bonds is 6. The van der Waals surface area contributed by atoms with Gasteiger partial charge in [-0.2, -0.15) is 0 Å². The molecule has 0 unspecified atom stereocenters. The van der Waals surface area contributed by atoms with Crippen LogP contribution >= 0.6 is 27.3 Å². The van der Waals surface area contributed by atoms with Gasteiger partial charge in [0.05, 0.1) is 4.88 Å². The molecule has 1 aromatic rings. The van der Waals surface area contributed by atoms with Crippen LogP contribution in [0.2, 0.25) is 0 Å². The molecular formula is C11H15BrN2O2S. The van der Waals surface area contributed by atoms with Gasteiger partial charge in [0.1, 0.15) is 0 Å². The molecule has 2 N–H and O–H groups in total. The van der Waals surface area contributed by atoms with Crippen LogP contribution in [0.3, 0.4) is 0 Å². The number of hydrogen-bond acceptors (Lipinski definition) is 3. The van der Waals surface area contributed by atoms with Gasteiger partial charge in [-0.1, -0.05) is 28.4 Å². The highest BCUT2D eigenvalue weighted by atomic mass is 79.9. The normalized spacial score (nSPS) is 9.94. The molecule has 0 aliphatic carbocycles. The first-order chi connectivity index (χ1) is 8.24. The number of unbranched alkanes of at least 4 members (excludes halogenated alkanes) is 2. The zero-order valence-electron chi connectivity index (χ0n) is 9.37. The van der Waals surface area contributed by atoms with Gasteiger partial charge in [-0.25, -0.2) is 0 Å². The van der Waals surface area contributed by atoms with E-state index in [-0.39, 0.29) is 11.8 Å². The first-order valence-corrected chi connectivity index (χ1v) is 7.43. The van der Waals surface area contributed by atoms with Gasteiger partial charge in [-0.05, 0) is 24.3 Å². The second kappa shape index (κ2) is 8.25. The maximum atomic E-state index is 11.5. The lowest BCUT2D eigenvalue weighted by atomic mass is 10.2. The van der Waals surface area contributed by atoms with E-state index in [0.29, 0.717) is 11.3 Å². The molecule has 0 spiro atoms. The number of thiophene rings is 1. The minimum atomic E-state index is -0.270. The van der Waals surface area contributed by atoms with Crippen molar-refractivity contribution in [3.63, 3.8) is 0 Å². The van der Waals surface area contributed by atoms with Crippen LogP contribution in [0.4, 0.5) is 0 Å². The summed E-state index contributed by atoms with van der Waals surface area (Å²) in [6.07, 6.45) is 3.36. The van der Waals surface area contributed by atoms with Gasteiger partial charge in [0, 0.05) is 11.8 Å². The number of amides is 2. The molecule has 0 aliphatic heterocycles. The Labute approximate surface area is 113 Å². The van der Waals surface area contributed by atoms with Crippen LogP contribution in [0.5, 0.6) is 0 Å². The van der Waals surface area contributed by atoms with Crippen molar-refractivity contribution in [2.75, 3.05) is 5.33 Å². The molecule has 0 fully saturated rings. The molecule has 6 heteroatoms. The number of carbonyl (C=O) groups excluding carboxylic acids is 2.